The lowest BCUT2D eigenvalue weighted by molar-refractivity contribution is -0.138. The number of piperidine rings is 1. The third-order valence-electron chi connectivity index (χ3n) is 5.88. The van der Waals surface area contributed by atoms with E-state index in [1.54, 1.807) is 13.8 Å². The zero-order valence-electron chi connectivity index (χ0n) is 17.7. The average molecular weight is 412 g/mol. The lowest BCUT2D eigenvalue weighted by Crippen LogP contribution is -2.46. The number of rotatable bonds is 4. The Balaban J connectivity index is 1.64. The monoisotopic (exact) mass is 411 g/mol. The molecule has 3 heterocycles. The Labute approximate surface area is 168 Å². The van der Waals surface area contributed by atoms with Crippen LogP contribution in [0.5, 0.6) is 0 Å². The first-order valence-corrected chi connectivity index (χ1v) is 11.7. The van der Waals surface area contributed by atoms with Crippen molar-refractivity contribution >= 4 is 15.9 Å². The largest absolute Gasteiger partial charge is 0.360 e. The van der Waals surface area contributed by atoms with Gasteiger partial charge in [-0.3, -0.25) is 4.79 Å². The normalized spacial score (nSPS) is 22.8. The van der Waals surface area contributed by atoms with Gasteiger partial charge in [-0.2, -0.15) is 4.31 Å². The summed E-state index contributed by atoms with van der Waals surface area (Å²) in [5.41, 5.74) is 0.581. The summed E-state index contributed by atoms with van der Waals surface area (Å²) in [5, 5.41) is 3.77. The lowest BCUT2D eigenvalue weighted by Gasteiger charge is -2.36. The van der Waals surface area contributed by atoms with E-state index >= 15 is 0 Å². The van der Waals surface area contributed by atoms with Crippen LogP contribution in [0.4, 0.5) is 0 Å². The molecule has 0 aliphatic carbocycles. The van der Waals surface area contributed by atoms with Crippen LogP contribution in [0.3, 0.4) is 0 Å². The van der Waals surface area contributed by atoms with Crippen LogP contribution >= 0.6 is 0 Å². The summed E-state index contributed by atoms with van der Waals surface area (Å²) in [6, 6.07) is 0.316. The minimum Gasteiger partial charge on any atom is -0.360 e. The molecule has 1 unspecified atom stereocenters. The van der Waals surface area contributed by atoms with Gasteiger partial charge in [-0.1, -0.05) is 25.9 Å². The van der Waals surface area contributed by atoms with E-state index in [2.05, 4.69) is 30.8 Å². The summed E-state index contributed by atoms with van der Waals surface area (Å²) < 4.78 is 32.4. The molecule has 8 heteroatoms. The maximum Gasteiger partial charge on any atom is 0.248 e. The fourth-order valence-corrected chi connectivity index (χ4v) is 6.36. The molecule has 2 aliphatic rings. The van der Waals surface area contributed by atoms with Crippen molar-refractivity contribution in [3.05, 3.63) is 11.5 Å². The van der Waals surface area contributed by atoms with E-state index in [1.165, 1.54) is 4.31 Å². The third kappa shape index (κ3) is 4.27. The molecule has 0 radical (unpaired) electrons. The van der Waals surface area contributed by atoms with Gasteiger partial charge in [0, 0.05) is 31.6 Å². The van der Waals surface area contributed by atoms with E-state index in [0.29, 0.717) is 43.4 Å². The number of amides is 1. The number of hydrogen-bond acceptors (Lipinski definition) is 5. The number of carbonyl (C=O) groups excluding carboxylic acids is 1. The maximum absolute atomic E-state index is 13.1. The van der Waals surface area contributed by atoms with Crippen molar-refractivity contribution in [2.75, 3.05) is 19.6 Å². The summed E-state index contributed by atoms with van der Waals surface area (Å²) in [4.78, 5) is 15.4. The van der Waals surface area contributed by atoms with Crippen molar-refractivity contribution in [1.82, 2.24) is 14.4 Å². The molecule has 0 saturated carbocycles. The summed E-state index contributed by atoms with van der Waals surface area (Å²) in [6.45, 7) is 11.5. The van der Waals surface area contributed by atoms with Crippen LogP contribution in [-0.2, 0) is 14.8 Å². The first-order valence-electron chi connectivity index (χ1n) is 10.2. The molecule has 0 aromatic carbocycles. The van der Waals surface area contributed by atoms with E-state index in [9.17, 15) is 13.2 Å². The van der Waals surface area contributed by atoms with E-state index in [0.717, 1.165) is 25.8 Å². The van der Waals surface area contributed by atoms with Crippen LogP contribution < -0.4 is 0 Å². The highest BCUT2D eigenvalue weighted by molar-refractivity contribution is 7.89. The minimum atomic E-state index is -3.63. The number of carbonyl (C=O) groups is 1. The molecule has 0 N–H and O–H groups in total. The molecule has 3 rings (SSSR count). The Hall–Kier alpha value is -1.41. The van der Waals surface area contributed by atoms with E-state index in [4.69, 9.17) is 4.52 Å². The van der Waals surface area contributed by atoms with E-state index < -0.39 is 10.0 Å². The molecule has 1 aromatic heterocycles. The van der Waals surface area contributed by atoms with Crippen LogP contribution in [0.2, 0.25) is 0 Å². The number of likely N-dealkylation sites (tertiary alicyclic amines) is 1. The fourth-order valence-electron chi connectivity index (χ4n) is 4.59. The van der Waals surface area contributed by atoms with Crippen molar-refractivity contribution in [1.29, 1.82) is 0 Å². The molecule has 1 aromatic rings. The summed E-state index contributed by atoms with van der Waals surface area (Å²) in [7, 11) is -3.63. The Morgan fingerprint density at radius 1 is 1.14 bits per heavy atom. The Bertz CT molecular complexity index is 797. The topological polar surface area (TPSA) is 83.7 Å². The third-order valence-corrected chi connectivity index (χ3v) is 8.02. The van der Waals surface area contributed by atoms with Gasteiger partial charge in [0.2, 0.25) is 15.9 Å². The van der Waals surface area contributed by atoms with Crippen molar-refractivity contribution < 1.29 is 17.7 Å². The molecular formula is C20H33N3O4S. The van der Waals surface area contributed by atoms with Gasteiger partial charge in [0.05, 0.1) is 0 Å². The molecule has 1 amide bonds. The molecular weight excluding hydrogens is 378 g/mol. The van der Waals surface area contributed by atoms with Gasteiger partial charge < -0.3 is 9.42 Å². The first-order chi connectivity index (χ1) is 13.0. The molecule has 0 spiro atoms. The molecule has 2 saturated heterocycles. The van der Waals surface area contributed by atoms with Gasteiger partial charge in [0.25, 0.3) is 0 Å². The van der Waals surface area contributed by atoms with Gasteiger partial charge in [-0.15, -0.1) is 0 Å². The Kier molecular flexibility index (Phi) is 5.92. The average Bonchev–Trinajstić information content (AvgIpc) is 3.19. The summed E-state index contributed by atoms with van der Waals surface area (Å²) >= 11 is 0. The van der Waals surface area contributed by atoms with Crippen LogP contribution in [0.1, 0.15) is 64.3 Å². The zero-order chi connectivity index (χ0) is 20.7. The fraction of sp³-hybridized carbons (Fsp3) is 0.800. The van der Waals surface area contributed by atoms with Crippen molar-refractivity contribution in [3.63, 3.8) is 0 Å². The highest BCUT2D eigenvalue weighted by Crippen LogP contribution is 2.33. The highest BCUT2D eigenvalue weighted by atomic mass is 32.2. The highest BCUT2D eigenvalue weighted by Gasteiger charge is 2.39. The standard InChI is InChI=1S/C20H33N3O4S/c1-14-18(15(2)27-21-14)28(25,26)22-11-8-16(9-12-22)19(24)23-10-6-7-17(23)13-20(3,4)5/h16-17H,6-13H2,1-5H3. The number of aromatic nitrogens is 1. The maximum atomic E-state index is 13.1. The van der Waals surface area contributed by atoms with E-state index in [1.807, 2.05) is 0 Å². The molecule has 28 heavy (non-hydrogen) atoms. The van der Waals surface area contributed by atoms with Gasteiger partial charge in [0.1, 0.15) is 10.6 Å². The van der Waals surface area contributed by atoms with Crippen LogP contribution in [0.15, 0.2) is 9.42 Å². The smallest absolute Gasteiger partial charge is 0.248 e. The molecule has 1 atom stereocenters. The van der Waals surface area contributed by atoms with E-state index in [-0.39, 0.29) is 22.1 Å². The summed E-state index contributed by atoms with van der Waals surface area (Å²) in [5.74, 6) is 0.440. The second kappa shape index (κ2) is 7.78. The van der Waals surface area contributed by atoms with Gasteiger partial charge in [-0.25, -0.2) is 8.42 Å². The number of aryl methyl sites for hydroxylation is 2. The predicted octanol–water partition coefficient (Wildman–Crippen LogP) is 3.12. The Morgan fingerprint density at radius 2 is 1.79 bits per heavy atom. The van der Waals surface area contributed by atoms with Crippen molar-refractivity contribution in [3.8, 4) is 0 Å². The number of nitrogens with zero attached hydrogens (tertiary/aromatic N) is 3. The molecule has 2 aliphatic heterocycles. The van der Waals surface area contributed by atoms with Gasteiger partial charge >= 0.3 is 0 Å². The predicted molar refractivity (Wildman–Crippen MR) is 106 cm³/mol. The number of sulfonamides is 1. The minimum absolute atomic E-state index is 0.0864. The number of hydrogen-bond donors (Lipinski definition) is 0. The lowest BCUT2D eigenvalue weighted by atomic mass is 9.86. The molecule has 0 bridgehead atoms. The second-order valence-corrected chi connectivity index (χ2v) is 11.3. The van der Waals surface area contributed by atoms with Crippen LogP contribution in [0, 0.1) is 25.2 Å². The molecule has 7 nitrogen and oxygen atoms in total. The second-order valence-electron chi connectivity index (χ2n) is 9.42. The molecule has 158 valence electrons. The first kappa shape index (κ1) is 21.3. The van der Waals surface area contributed by atoms with Crippen LogP contribution in [0.25, 0.3) is 0 Å². The van der Waals surface area contributed by atoms with Gasteiger partial charge in [-0.05, 0) is 51.4 Å². The zero-order valence-corrected chi connectivity index (χ0v) is 18.5. The molecule has 2 fully saturated rings. The summed E-state index contributed by atoms with van der Waals surface area (Å²) in [6.07, 6.45) is 4.28. The van der Waals surface area contributed by atoms with Crippen LogP contribution in [-0.4, -0.2) is 54.4 Å². The quantitative estimate of drug-likeness (QED) is 0.760. The Morgan fingerprint density at radius 3 is 2.32 bits per heavy atom. The van der Waals surface area contributed by atoms with Crippen molar-refractivity contribution in [2.45, 2.75) is 77.7 Å². The SMILES string of the molecule is Cc1noc(C)c1S(=O)(=O)N1CCC(C(=O)N2CCCC2CC(C)(C)C)CC1. The van der Waals surface area contributed by atoms with Crippen molar-refractivity contribution in [2.24, 2.45) is 11.3 Å². The van der Waals surface area contributed by atoms with Gasteiger partial charge in [0.15, 0.2) is 5.76 Å².